The lowest BCUT2D eigenvalue weighted by Crippen LogP contribution is -2.69. The molecule has 3 aromatic rings. The number of urea groups is 1. The molecule has 4 rings (SSSR count). The highest BCUT2D eigenvalue weighted by molar-refractivity contribution is 6.01. The van der Waals surface area contributed by atoms with E-state index in [1.54, 1.807) is 19.3 Å². The number of carbonyl (C=O) groups excluding carboxylic acids is 2. The average molecular weight is 446 g/mol. The maximum absolute atomic E-state index is 13.2. The summed E-state index contributed by atoms with van der Waals surface area (Å²) < 4.78 is 0. The number of aliphatic hydroxyl groups is 1. The first-order valence-corrected chi connectivity index (χ1v) is 11.4. The van der Waals surface area contributed by atoms with Crippen LogP contribution in [0.15, 0.2) is 85.2 Å². The van der Waals surface area contributed by atoms with Gasteiger partial charge in [-0.05, 0) is 42.2 Å². The highest BCUT2D eigenvalue weighted by Crippen LogP contribution is 2.33. The number of amides is 3. The van der Waals surface area contributed by atoms with Gasteiger partial charge in [0.15, 0.2) is 0 Å². The number of imide groups is 1. The van der Waals surface area contributed by atoms with Crippen LogP contribution in [0.1, 0.15) is 43.5 Å². The number of carbonyl (C=O) groups is 2. The zero-order valence-corrected chi connectivity index (χ0v) is 19.3. The topological polar surface area (TPSA) is 82.5 Å². The van der Waals surface area contributed by atoms with E-state index in [-0.39, 0.29) is 5.91 Å². The van der Waals surface area contributed by atoms with Crippen molar-refractivity contribution in [1.82, 2.24) is 15.2 Å². The van der Waals surface area contributed by atoms with E-state index in [0.29, 0.717) is 6.42 Å². The van der Waals surface area contributed by atoms with E-state index in [2.05, 4.69) is 10.3 Å². The number of benzene rings is 2. The Morgan fingerprint density at radius 2 is 1.48 bits per heavy atom. The summed E-state index contributed by atoms with van der Waals surface area (Å²) in [7, 11) is 0. The Morgan fingerprint density at radius 3 is 1.97 bits per heavy atom. The number of pyridine rings is 1. The second-order valence-electron chi connectivity index (χ2n) is 7.81. The summed E-state index contributed by atoms with van der Waals surface area (Å²) in [5.74, 6) is -0.722. The van der Waals surface area contributed by atoms with Crippen molar-refractivity contribution in [2.75, 3.05) is 0 Å². The lowest BCUT2D eigenvalue weighted by molar-refractivity contribution is -0.156. The first-order valence-electron chi connectivity index (χ1n) is 11.4. The predicted molar refractivity (Wildman–Crippen MR) is 128 cm³/mol. The molecule has 0 radical (unpaired) electrons. The fourth-order valence-corrected chi connectivity index (χ4v) is 4.18. The van der Waals surface area contributed by atoms with Gasteiger partial charge in [-0.15, -0.1) is 0 Å². The number of rotatable bonds is 6. The fraction of sp³-hybridized carbons (Fsp3) is 0.296. The van der Waals surface area contributed by atoms with Crippen LogP contribution in [0.5, 0.6) is 0 Å². The standard InChI is InChI=1S/C25H25N3O3.C2H6/c1-17(29)23-21(16-18-12-14-26-15-13-18)24(30)28(23)25(31)27-22(19-8-4-2-5-9-19)20-10-6-3-7-11-20;1-2/h2-15,17,21-23,29H,16H2,1H3,(H,27,31);1-2H3/t17?,21-,23?;/m1./s1. The molecule has 172 valence electrons. The number of likely N-dealkylation sites (tertiary alicyclic amines) is 1. The molecule has 0 bridgehead atoms. The summed E-state index contributed by atoms with van der Waals surface area (Å²) in [5.41, 5.74) is 2.78. The van der Waals surface area contributed by atoms with Crippen LogP contribution in [0.2, 0.25) is 0 Å². The van der Waals surface area contributed by atoms with E-state index in [9.17, 15) is 14.7 Å². The largest absolute Gasteiger partial charge is 0.391 e. The number of β-lactam (4-membered cyclic amide) rings is 1. The van der Waals surface area contributed by atoms with Gasteiger partial charge in [-0.2, -0.15) is 0 Å². The SMILES string of the molecule is CC.CC(O)C1[C@@H](Cc2ccncc2)C(=O)N1C(=O)NC(c1ccccc1)c1ccccc1. The third-order valence-corrected chi connectivity index (χ3v) is 5.72. The van der Waals surface area contributed by atoms with Crippen LogP contribution in [0.3, 0.4) is 0 Å². The van der Waals surface area contributed by atoms with Crippen molar-refractivity contribution in [1.29, 1.82) is 0 Å². The van der Waals surface area contributed by atoms with E-state index in [0.717, 1.165) is 21.6 Å². The molecule has 2 heterocycles. The van der Waals surface area contributed by atoms with Crippen molar-refractivity contribution in [3.05, 3.63) is 102 Å². The van der Waals surface area contributed by atoms with Gasteiger partial charge in [-0.1, -0.05) is 74.5 Å². The van der Waals surface area contributed by atoms with Gasteiger partial charge in [0.2, 0.25) is 5.91 Å². The third-order valence-electron chi connectivity index (χ3n) is 5.72. The van der Waals surface area contributed by atoms with Crippen LogP contribution in [0.4, 0.5) is 4.79 Å². The number of aliphatic hydroxyl groups excluding tert-OH is 1. The van der Waals surface area contributed by atoms with Crippen LogP contribution in [0.25, 0.3) is 0 Å². The molecular weight excluding hydrogens is 414 g/mol. The Hall–Kier alpha value is -3.51. The van der Waals surface area contributed by atoms with Crippen molar-refractivity contribution in [3.63, 3.8) is 0 Å². The van der Waals surface area contributed by atoms with Gasteiger partial charge in [0.25, 0.3) is 0 Å². The van der Waals surface area contributed by atoms with Crippen LogP contribution < -0.4 is 5.32 Å². The zero-order chi connectivity index (χ0) is 23.8. The summed E-state index contributed by atoms with van der Waals surface area (Å²) in [6.07, 6.45) is 2.97. The fourth-order valence-electron chi connectivity index (χ4n) is 4.18. The summed E-state index contributed by atoms with van der Waals surface area (Å²) in [6.45, 7) is 5.61. The first-order chi connectivity index (χ1) is 16.1. The van der Waals surface area contributed by atoms with Gasteiger partial charge in [-0.25, -0.2) is 4.79 Å². The Kier molecular flexibility index (Phi) is 8.33. The molecule has 1 fully saturated rings. The highest BCUT2D eigenvalue weighted by Gasteiger charge is 2.52. The minimum atomic E-state index is -0.831. The lowest BCUT2D eigenvalue weighted by atomic mass is 9.80. The summed E-state index contributed by atoms with van der Waals surface area (Å²) >= 11 is 0. The van der Waals surface area contributed by atoms with Crippen LogP contribution >= 0.6 is 0 Å². The molecule has 2 unspecified atom stereocenters. The molecule has 3 atom stereocenters. The maximum Gasteiger partial charge on any atom is 0.325 e. The molecule has 1 aromatic heterocycles. The number of nitrogens with one attached hydrogen (secondary N) is 1. The van der Waals surface area contributed by atoms with Gasteiger partial charge in [0.1, 0.15) is 0 Å². The molecule has 6 nitrogen and oxygen atoms in total. The van der Waals surface area contributed by atoms with Gasteiger partial charge in [0.05, 0.1) is 24.1 Å². The lowest BCUT2D eigenvalue weighted by Gasteiger charge is -2.47. The molecular formula is C27H31N3O3. The summed E-state index contributed by atoms with van der Waals surface area (Å²) in [5, 5.41) is 13.3. The molecule has 2 N–H and O–H groups in total. The Balaban J connectivity index is 0.00000149. The molecule has 1 saturated heterocycles. The maximum atomic E-state index is 13.2. The molecule has 2 aromatic carbocycles. The molecule has 0 spiro atoms. The first kappa shape index (κ1) is 24.1. The van der Waals surface area contributed by atoms with Crippen molar-refractivity contribution >= 4 is 11.9 Å². The molecule has 3 amide bonds. The van der Waals surface area contributed by atoms with Gasteiger partial charge >= 0.3 is 6.03 Å². The van der Waals surface area contributed by atoms with E-state index in [4.69, 9.17) is 0 Å². The predicted octanol–water partition coefficient (Wildman–Crippen LogP) is 4.36. The molecule has 33 heavy (non-hydrogen) atoms. The monoisotopic (exact) mass is 445 g/mol. The second kappa shape index (κ2) is 11.4. The molecule has 0 saturated carbocycles. The van der Waals surface area contributed by atoms with Gasteiger partial charge in [-0.3, -0.25) is 14.7 Å². The molecule has 1 aliphatic rings. The smallest absolute Gasteiger partial charge is 0.325 e. The van der Waals surface area contributed by atoms with Crippen molar-refractivity contribution < 1.29 is 14.7 Å². The summed E-state index contributed by atoms with van der Waals surface area (Å²) in [6, 6.07) is 21.4. The highest BCUT2D eigenvalue weighted by atomic mass is 16.3. The molecule has 0 aliphatic carbocycles. The van der Waals surface area contributed by atoms with E-state index in [1.165, 1.54) is 0 Å². The minimum Gasteiger partial charge on any atom is -0.391 e. The van der Waals surface area contributed by atoms with Crippen LogP contribution in [-0.4, -0.2) is 39.1 Å². The Bertz CT molecular complexity index is 987. The zero-order valence-electron chi connectivity index (χ0n) is 19.3. The van der Waals surface area contributed by atoms with E-state index >= 15 is 0 Å². The third kappa shape index (κ3) is 5.46. The van der Waals surface area contributed by atoms with Crippen molar-refractivity contribution in [2.45, 2.75) is 45.4 Å². The quantitative estimate of drug-likeness (QED) is 0.553. The number of hydrogen-bond donors (Lipinski definition) is 2. The second-order valence-corrected chi connectivity index (χ2v) is 7.81. The average Bonchev–Trinajstić information content (AvgIpc) is 2.86. The van der Waals surface area contributed by atoms with Gasteiger partial charge in [0, 0.05) is 12.4 Å². The molecule has 1 aliphatic heterocycles. The Labute approximate surface area is 195 Å². The van der Waals surface area contributed by atoms with E-state index in [1.807, 2.05) is 86.6 Å². The minimum absolute atomic E-state index is 0.278. The summed E-state index contributed by atoms with van der Waals surface area (Å²) in [4.78, 5) is 31.3. The number of nitrogens with zero attached hydrogens (tertiary/aromatic N) is 2. The van der Waals surface area contributed by atoms with E-state index < -0.39 is 30.1 Å². The van der Waals surface area contributed by atoms with Crippen LogP contribution in [0, 0.1) is 5.92 Å². The van der Waals surface area contributed by atoms with Crippen molar-refractivity contribution in [2.24, 2.45) is 5.92 Å². The number of aromatic nitrogens is 1. The van der Waals surface area contributed by atoms with Gasteiger partial charge < -0.3 is 10.4 Å². The van der Waals surface area contributed by atoms with Crippen molar-refractivity contribution in [3.8, 4) is 0 Å². The van der Waals surface area contributed by atoms with Crippen LogP contribution in [-0.2, 0) is 11.2 Å². The normalized spacial score (nSPS) is 18.1. The number of hydrogen-bond acceptors (Lipinski definition) is 4. The Morgan fingerprint density at radius 1 is 0.970 bits per heavy atom. The molecule has 6 heteroatoms.